The first-order chi connectivity index (χ1) is 26.2. The molecule has 2 heteroatoms. The summed E-state index contributed by atoms with van der Waals surface area (Å²) in [5.74, 6) is 0.452. The Hall–Kier alpha value is -6.64. The fourth-order valence-corrected chi connectivity index (χ4v) is 7.98. The molecular weight excluding hydrogens is 641 g/mol. The number of fused-ring (bicyclic) bond motifs is 2. The van der Waals surface area contributed by atoms with Gasteiger partial charge in [0.2, 0.25) is 0 Å². The molecule has 1 unspecified atom stereocenters. The summed E-state index contributed by atoms with van der Waals surface area (Å²) < 4.78 is 0. The van der Waals surface area contributed by atoms with Crippen LogP contribution >= 0.6 is 0 Å². The molecule has 1 atom stereocenters. The Morgan fingerprint density at radius 1 is 0.396 bits per heavy atom. The maximum atomic E-state index is 2.43. The number of allylic oxidation sites excluding steroid dienone is 4. The monoisotopic (exact) mass is 680 g/mol. The smallest absolute Gasteiger partial charge is 0.0468 e. The molecule has 1 aliphatic rings. The van der Waals surface area contributed by atoms with E-state index in [0.29, 0.717) is 5.92 Å². The van der Waals surface area contributed by atoms with Gasteiger partial charge in [-0.05, 0) is 129 Å². The second-order valence-corrected chi connectivity index (χ2v) is 13.8. The van der Waals surface area contributed by atoms with Gasteiger partial charge in [-0.2, -0.15) is 0 Å². The highest BCUT2D eigenvalue weighted by atomic mass is 15.1. The van der Waals surface area contributed by atoms with Crippen molar-refractivity contribution in [3.05, 3.63) is 212 Å². The molecule has 8 aromatic rings. The van der Waals surface area contributed by atoms with Gasteiger partial charge in [-0.3, -0.25) is 0 Å². The van der Waals surface area contributed by atoms with Crippen molar-refractivity contribution in [2.75, 3.05) is 9.80 Å². The summed E-state index contributed by atoms with van der Waals surface area (Å²) in [6.45, 7) is 2.32. The van der Waals surface area contributed by atoms with Gasteiger partial charge < -0.3 is 9.80 Å². The predicted molar refractivity (Wildman–Crippen MR) is 227 cm³/mol. The van der Waals surface area contributed by atoms with Gasteiger partial charge in [0.15, 0.2) is 0 Å². The minimum Gasteiger partial charge on any atom is -0.310 e. The van der Waals surface area contributed by atoms with Gasteiger partial charge in [0.05, 0.1) is 0 Å². The van der Waals surface area contributed by atoms with Gasteiger partial charge >= 0.3 is 0 Å². The summed E-state index contributed by atoms with van der Waals surface area (Å²) in [7, 11) is 0. The van der Waals surface area contributed by atoms with E-state index in [9.17, 15) is 0 Å². The lowest BCUT2D eigenvalue weighted by molar-refractivity contribution is 0.750. The summed E-state index contributed by atoms with van der Waals surface area (Å²) in [4.78, 5) is 4.73. The minimum atomic E-state index is 0.452. The van der Waals surface area contributed by atoms with Gasteiger partial charge in [0.1, 0.15) is 0 Å². The van der Waals surface area contributed by atoms with Gasteiger partial charge in [0.25, 0.3) is 0 Å². The van der Waals surface area contributed by atoms with Crippen molar-refractivity contribution in [3.8, 4) is 11.1 Å². The van der Waals surface area contributed by atoms with Crippen molar-refractivity contribution in [3.63, 3.8) is 0 Å². The second kappa shape index (κ2) is 14.2. The van der Waals surface area contributed by atoms with E-state index in [4.69, 9.17) is 0 Å². The van der Waals surface area contributed by atoms with E-state index in [0.717, 1.165) is 40.5 Å². The van der Waals surface area contributed by atoms with E-state index in [1.54, 1.807) is 0 Å². The average Bonchev–Trinajstić information content (AvgIpc) is 3.22. The van der Waals surface area contributed by atoms with Gasteiger partial charge in [-0.15, -0.1) is 0 Å². The fraction of sp³-hybridized carbons (Fsp3) is 0.0588. The molecule has 0 aromatic heterocycles. The second-order valence-electron chi connectivity index (χ2n) is 13.8. The third-order valence-electron chi connectivity index (χ3n) is 10.3. The van der Waals surface area contributed by atoms with E-state index < -0.39 is 0 Å². The summed E-state index contributed by atoms with van der Waals surface area (Å²) in [5.41, 5.74) is 11.9. The number of anilines is 6. The van der Waals surface area contributed by atoms with Crippen LogP contribution in [0.4, 0.5) is 34.1 Å². The van der Waals surface area contributed by atoms with Crippen LogP contribution in [0.5, 0.6) is 0 Å². The van der Waals surface area contributed by atoms with E-state index in [1.165, 1.54) is 43.8 Å². The van der Waals surface area contributed by atoms with Crippen molar-refractivity contribution in [1.29, 1.82) is 0 Å². The molecule has 0 fully saturated rings. The molecule has 0 aliphatic heterocycles. The van der Waals surface area contributed by atoms with Crippen LogP contribution < -0.4 is 9.80 Å². The van der Waals surface area contributed by atoms with Crippen LogP contribution in [-0.4, -0.2) is 0 Å². The van der Waals surface area contributed by atoms with Gasteiger partial charge in [-0.25, -0.2) is 0 Å². The zero-order chi connectivity index (χ0) is 35.6. The standard InChI is InChI=1S/C51H40N2/c1-37-18-17-21-39(34-37)51-47-33-31-44(52(40-22-9-3-10-23-40)41-24-11-4-12-25-41)35-48(47)50(38-19-7-2-8-20-38)46-32-30-45(36-49(46)51)53(42-26-13-5-14-27-42)43-28-15-6-16-29-43/h2-33,35-37H,34H2,1H3. The number of hydrogen-bond acceptors (Lipinski definition) is 2. The fourth-order valence-electron chi connectivity index (χ4n) is 7.98. The molecule has 8 aromatic carbocycles. The van der Waals surface area contributed by atoms with Crippen molar-refractivity contribution in [2.24, 2.45) is 5.92 Å². The normalized spacial score (nSPS) is 13.9. The predicted octanol–water partition coefficient (Wildman–Crippen LogP) is 14.6. The Morgan fingerprint density at radius 3 is 1.23 bits per heavy atom. The third kappa shape index (κ3) is 6.19. The quantitative estimate of drug-likeness (QED) is 0.147. The summed E-state index contributed by atoms with van der Waals surface area (Å²) >= 11 is 0. The third-order valence-corrected chi connectivity index (χ3v) is 10.3. The lowest BCUT2D eigenvalue weighted by Crippen LogP contribution is -2.10. The van der Waals surface area contributed by atoms with Crippen LogP contribution in [0.25, 0.3) is 38.2 Å². The molecule has 0 radical (unpaired) electrons. The zero-order valence-corrected chi connectivity index (χ0v) is 29.8. The number of hydrogen-bond donors (Lipinski definition) is 0. The Bertz CT molecular complexity index is 2500. The first-order valence-corrected chi connectivity index (χ1v) is 18.5. The van der Waals surface area contributed by atoms with E-state index in [1.807, 2.05) is 0 Å². The molecule has 0 spiro atoms. The first kappa shape index (κ1) is 32.3. The molecule has 0 amide bonds. The van der Waals surface area contributed by atoms with E-state index >= 15 is 0 Å². The molecule has 254 valence electrons. The maximum absolute atomic E-state index is 2.43. The van der Waals surface area contributed by atoms with Gasteiger partial charge in [0, 0.05) is 34.1 Å². The molecular formula is C51H40N2. The SMILES string of the molecule is CC1C=CC=C(c2c3cc(N(c4ccccc4)c4ccccc4)ccc3c(-c3ccccc3)c3cc(N(c4ccccc4)c4ccccc4)ccc23)C1. The highest BCUT2D eigenvalue weighted by molar-refractivity contribution is 6.20. The van der Waals surface area contributed by atoms with E-state index in [2.05, 4.69) is 223 Å². The van der Waals surface area contributed by atoms with Gasteiger partial charge in [-0.1, -0.05) is 140 Å². The molecule has 0 heterocycles. The average molecular weight is 681 g/mol. The lowest BCUT2D eigenvalue weighted by Gasteiger charge is -2.28. The Morgan fingerprint density at radius 2 is 0.792 bits per heavy atom. The summed E-state index contributed by atoms with van der Waals surface area (Å²) in [6, 6.07) is 67.9. The number of benzene rings is 8. The van der Waals surface area contributed by atoms with Crippen LogP contribution in [0, 0.1) is 5.92 Å². The zero-order valence-electron chi connectivity index (χ0n) is 29.8. The molecule has 1 aliphatic carbocycles. The number of para-hydroxylation sites is 4. The Kier molecular flexibility index (Phi) is 8.63. The molecule has 53 heavy (non-hydrogen) atoms. The Balaban J connectivity index is 1.37. The molecule has 0 saturated carbocycles. The molecule has 0 saturated heterocycles. The van der Waals surface area contributed by atoms with Crippen LogP contribution in [0.3, 0.4) is 0 Å². The highest BCUT2D eigenvalue weighted by Gasteiger charge is 2.23. The van der Waals surface area contributed by atoms with Crippen LogP contribution in [-0.2, 0) is 0 Å². The molecule has 2 nitrogen and oxygen atoms in total. The molecule has 0 bridgehead atoms. The summed E-state index contributed by atoms with van der Waals surface area (Å²) in [6.07, 6.45) is 7.89. The Labute approximate surface area is 312 Å². The highest BCUT2D eigenvalue weighted by Crippen LogP contribution is 2.48. The van der Waals surface area contributed by atoms with E-state index in [-0.39, 0.29) is 0 Å². The van der Waals surface area contributed by atoms with Crippen molar-refractivity contribution in [1.82, 2.24) is 0 Å². The maximum Gasteiger partial charge on any atom is 0.0468 e. The van der Waals surface area contributed by atoms with Crippen LogP contribution in [0.1, 0.15) is 18.9 Å². The van der Waals surface area contributed by atoms with Crippen molar-refractivity contribution in [2.45, 2.75) is 13.3 Å². The largest absolute Gasteiger partial charge is 0.310 e. The number of nitrogens with zero attached hydrogens (tertiary/aromatic N) is 2. The minimum absolute atomic E-state index is 0.452. The van der Waals surface area contributed by atoms with Crippen molar-refractivity contribution < 1.29 is 0 Å². The molecule has 0 N–H and O–H groups in total. The molecule has 9 rings (SSSR count). The lowest BCUT2D eigenvalue weighted by atomic mass is 9.82. The topological polar surface area (TPSA) is 6.48 Å². The van der Waals surface area contributed by atoms with Crippen LogP contribution in [0.15, 0.2) is 206 Å². The first-order valence-electron chi connectivity index (χ1n) is 18.5. The number of rotatable bonds is 8. The van der Waals surface area contributed by atoms with Crippen molar-refractivity contribution >= 4 is 61.2 Å². The van der Waals surface area contributed by atoms with Crippen LogP contribution in [0.2, 0.25) is 0 Å². The summed E-state index contributed by atoms with van der Waals surface area (Å²) in [5, 5.41) is 5.01.